The summed E-state index contributed by atoms with van der Waals surface area (Å²) in [4.78, 5) is 0. The minimum absolute atomic E-state index is 0.370. The minimum Gasteiger partial charge on any atom is -0.368 e. The normalized spacial score (nSPS) is 6.86. The molecule has 0 bridgehead atoms. The first-order chi connectivity index (χ1) is 3.18. The van der Waals surface area contributed by atoms with Crippen molar-refractivity contribution in [3.63, 3.8) is 0 Å². The summed E-state index contributed by atoms with van der Waals surface area (Å²) in [6.45, 7) is 0. The summed E-state index contributed by atoms with van der Waals surface area (Å²) >= 11 is 3.45. The molecule has 0 aliphatic rings. The van der Waals surface area contributed by atoms with E-state index in [1.165, 1.54) is 6.19 Å². The fourth-order valence-corrected chi connectivity index (χ4v) is 0.0539. The number of nitrogens with zero attached hydrogens (tertiary/aromatic N) is 2. The molecule has 5 heteroatoms. The van der Waals surface area contributed by atoms with Gasteiger partial charge in [-0.2, -0.15) is 9.57 Å². The lowest BCUT2D eigenvalue weighted by atomic mass is 11.0. The molecule has 0 rings (SSSR count). The highest BCUT2D eigenvalue weighted by Gasteiger charge is 1.92. The van der Waals surface area contributed by atoms with Crippen LogP contribution in [-0.2, 0) is 0 Å². The molecule has 0 aliphatic heterocycles. The van der Waals surface area contributed by atoms with Crippen LogP contribution in [0, 0.1) is 16.9 Å². The van der Waals surface area contributed by atoms with Gasteiger partial charge < -0.3 is 5.73 Å². The lowest BCUT2D eigenvalue weighted by molar-refractivity contribution is 0.930. The third kappa shape index (κ3) is 1.89. The van der Waals surface area contributed by atoms with Gasteiger partial charge in [-0.15, -0.1) is 0 Å². The number of guanidine groups is 1. The molecular weight excluding hydrogens is 112 g/mol. The quantitative estimate of drug-likeness (QED) is 0.131. The van der Waals surface area contributed by atoms with Crippen molar-refractivity contribution in [2.75, 3.05) is 0 Å². The smallest absolute Gasteiger partial charge is 0.212 e. The zero-order chi connectivity index (χ0) is 5.86. The van der Waals surface area contributed by atoms with Crippen LogP contribution < -0.4 is 5.73 Å². The zero-order valence-corrected chi connectivity index (χ0v) is 4.31. The number of nitrogens with two attached hydrogens (primary N) is 1. The largest absolute Gasteiger partial charge is 0.368 e. The second-order valence-corrected chi connectivity index (χ2v) is 1.20. The molecule has 0 saturated heterocycles. The van der Waals surface area contributed by atoms with Crippen molar-refractivity contribution in [2.45, 2.75) is 0 Å². The van der Waals surface area contributed by atoms with Gasteiger partial charge in [0.25, 0.3) is 0 Å². The number of nitriles is 1. The highest BCUT2D eigenvalue weighted by molar-refractivity contribution is 7.78. The highest BCUT2D eigenvalue weighted by Crippen LogP contribution is 1.83. The Labute approximate surface area is 46.6 Å². The SMILES string of the molecule is N#CN(S)C(=N)N. The Hall–Kier alpha value is -0.890. The number of nitrogens with one attached hydrogen (secondary N) is 1. The lowest BCUT2D eigenvalue weighted by Gasteiger charge is -1.98. The van der Waals surface area contributed by atoms with Gasteiger partial charge in [0, 0.05) is 0 Å². The first-order valence-corrected chi connectivity index (χ1v) is 1.81. The zero-order valence-electron chi connectivity index (χ0n) is 3.42. The Bertz CT molecular complexity index is 113. The number of hydrogen-bond acceptors (Lipinski definition) is 3. The molecule has 0 aromatic carbocycles. The van der Waals surface area contributed by atoms with Crippen LogP contribution in [0.25, 0.3) is 0 Å². The summed E-state index contributed by atoms with van der Waals surface area (Å²) in [5.41, 5.74) is 4.76. The second-order valence-electron chi connectivity index (χ2n) is 0.797. The predicted octanol–water partition coefficient (Wildman–Crippen LogP) is -0.492. The van der Waals surface area contributed by atoms with Crippen LogP contribution >= 0.6 is 12.8 Å². The maximum atomic E-state index is 7.88. The van der Waals surface area contributed by atoms with Crippen LogP contribution in [0.1, 0.15) is 0 Å². The summed E-state index contributed by atoms with van der Waals surface area (Å²) in [6, 6.07) is 0. The van der Waals surface area contributed by atoms with Crippen molar-refractivity contribution in [1.29, 1.82) is 10.7 Å². The molecule has 0 aliphatic carbocycles. The fourth-order valence-electron chi connectivity index (χ4n) is 0.0539. The van der Waals surface area contributed by atoms with Crippen LogP contribution in [-0.4, -0.2) is 10.3 Å². The summed E-state index contributed by atoms with van der Waals surface area (Å²) < 4.78 is 0.653. The molecule has 0 aromatic heterocycles. The summed E-state index contributed by atoms with van der Waals surface area (Å²) in [6.07, 6.45) is 1.51. The van der Waals surface area contributed by atoms with Gasteiger partial charge in [-0.1, -0.05) is 0 Å². The fraction of sp³-hybridized carbons (Fsp3) is 0. The van der Waals surface area contributed by atoms with E-state index < -0.39 is 0 Å². The second kappa shape index (κ2) is 2.31. The van der Waals surface area contributed by atoms with E-state index in [0.717, 1.165) is 0 Å². The van der Waals surface area contributed by atoms with E-state index in [4.69, 9.17) is 16.4 Å². The number of thiol groups is 1. The maximum Gasteiger partial charge on any atom is 0.212 e. The summed E-state index contributed by atoms with van der Waals surface area (Å²) in [5.74, 6) is -0.370. The Kier molecular flexibility index (Phi) is 2.02. The van der Waals surface area contributed by atoms with Gasteiger partial charge in [-0.3, -0.25) is 5.41 Å². The van der Waals surface area contributed by atoms with E-state index in [9.17, 15) is 0 Å². The Morgan fingerprint density at radius 2 is 2.43 bits per heavy atom. The van der Waals surface area contributed by atoms with Crippen molar-refractivity contribution in [3.8, 4) is 6.19 Å². The molecule has 0 aromatic rings. The van der Waals surface area contributed by atoms with E-state index in [2.05, 4.69) is 12.8 Å². The van der Waals surface area contributed by atoms with Gasteiger partial charge in [-0.25, -0.2) is 0 Å². The van der Waals surface area contributed by atoms with Crippen molar-refractivity contribution in [2.24, 2.45) is 5.73 Å². The molecule has 0 amide bonds. The molecule has 0 radical (unpaired) electrons. The number of hydrogen-bond donors (Lipinski definition) is 3. The Morgan fingerprint density at radius 1 is 2.00 bits per heavy atom. The molecule has 0 spiro atoms. The number of rotatable bonds is 0. The molecule has 3 N–H and O–H groups in total. The maximum absolute atomic E-state index is 7.88. The molecule has 0 fully saturated rings. The molecular formula is C2H4N4S. The first kappa shape index (κ1) is 6.11. The minimum atomic E-state index is -0.370. The summed E-state index contributed by atoms with van der Waals surface area (Å²) in [7, 11) is 0. The van der Waals surface area contributed by atoms with Crippen LogP contribution in [0.4, 0.5) is 0 Å². The van der Waals surface area contributed by atoms with Gasteiger partial charge in [0.15, 0.2) is 6.19 Å². The van der Waals surface area contributed by atoms with Gasteiger partial charge in [0.2, 0.25) is 5.96 Å². The average Bonchev–Trinajstić information content (AvgIpc) is 1.65. The van der Waals surface area contributed by atoms with Gasteiger partial charge in [-0.05, 0) is 12.8 Å². The molecule has 7 heavy (non-hydrogen) atoms. The van der Waals surface area contributed by atoms with Crippen LogP contribution in [0.15, 0.2) is 0 Å². The monoisotopic (exact) mass is 116 g/mol. The van der Waals surface area contributed by atoms with Crippen LogP contribution in [0.3, 0.4) is 0 Å². The Morgan fingerprint density at radius 3 is 2.43 bits per heavy atom. The summed E-state index contributed by atoms with van der Waals surface area (Å²) in [5, 5.41) is 14.4. The molecule has 0 saturated carbocycles. The standard InChI is InChI=1S/C2H4N4S/c3-1-6(7)2(4)5/h7H,(H3,4,5). The lowest BCUT2D eigenvalue weighted by Crippen LogP contribution is -2.23. The molecule has 0 unspecified atom stereocenters. The molecule has 4 nitrogen and oxygen atoms in total. The van der Waals surface area contributed by atoms with Crippen molar-refractivity contribution in [3.05, 3.63) is 0 Å². The van der Waals surface area contributed by atoms with Gasteiger partial charge in [0.1, 0.15) is 0 Å². The van der Waals surface area contributed by atoms with Crippen molar-refractivity contribution in [1.82, 2.24) is 4.31 Å². The molecule has 0 heterocycles. The van der Waals surface area contributed by atoms with Crippen LogP contribution in [0.5, 0.6) is 0 Å². The predicted molar refractivity (Wildman–Crippen MR) is 28.4 cm³/mol. The van der Waals surface area contributed by atoms with E-state index >= 15 is 0 Å². The van der Waals surface area contributed by atoms with E-state index in [-0.39, 0.29) is 5.96 Å². The topological polar surface area (TPSA) is 76.9 Å². The van der Waals surface area contributed by atoms with Crippen molar-refractivity contribution >= 4 is 18.8 Å². The third-order valence-electron chi connectivity index (χ3n) is 0.323. The van der Waals surface area contributed by atoms with Gasteiger partial charge >= 0.3 is 0 Å². The Balaban J connectivity index is 3.63. The van der Waals surface area contributed by atoms with Crippen LogP contribution in [0.2, 0.25) is 0 Å². The molecule has 38 valence electrons. The van der Waals surface area contributed by atoms with Gasteiger partial charge in [0.05, 0.1) is 0 Å². The van der Waals surface area contributed by atoms with E-state index in [1.807, 2.05) is 0 Å². The first-order valence-electron chi connectivity index (χ1n) is 1.41. The van der Waals surface area contributed by atoms with Crippen molar-refractivity contribution < 1.29 is 0 Å². The third-order valence-corrected chi connectivity index (χ3v) is 0.628. The average molecular weight is 116 g/mol. The molecule has 0 atom stereocenters. The van der Waals surface area contributed by atoms with E-state index in [1.54, 1.807) is 0 Å². The van der Waals surface area contributed by atoms with E-state index in [0.29, 0.717) is 4.31 Å². The highest BCUT2D eigenvalue weighted by atomic mass is 32.1.